The Morgan fingerprint density at radius 1 is 0.829 bits per heavy atom. The molecule has 0 radical (unpaired) electrons. The van der Waals surface area contributed by atoms with Crippen LogP contribution in [-0.2, 0) is 11.2 Å². The van der Waals surface area contributed by atoms with E-state index in [9.17, 15) is 9.59 Å². The Hall–Kier alpha value is -3.65. The first kappa shape index (κ1) is 24.5. The minimum atomic E-state index is -0.511. The lowest BCUT2D eigenvalue weighted by molar-refractivity contribution is -0.115. The van der Waals surface area contributed by atoms with Crippen molar-refractivity contribution >= 4 is 63.7 Å². The molecule has 1 aromatic heterocycles. The maximum absolute atomic E-state index is 12.5. The fourth-order valence-electron chi connectivity index (χ4n) is 3.24. The molecule has 0 atom stereocenters. The number of carbonyl (C=O) groups is 2. The number of amides is 2. The molecule has 9 heteroatoms. The van der Waals surface area contributed by atoms with E-state index in [1.165, 1.54) is 6.07 Å². The summed E-state index contributed by atoms with van der Waals surface area (Å²) < 4.78 is 5.63. The lowest BCUT2D eigenvalue weighted by Crippen LogP contribution is -2.33. The zero-order chi connectivity index (χ0) is 24.8. The molecule has 176 valence electrons. The number of hydrogen-bond acceptors (Lipinski definition) is 4. The summed E-state index contributed by atoms with van der Waals surface area (Å²) in [5.74, 6) is -0.117. The molecule has 0 aliphatic heterocycles. The highest BCUT2D eigenvalue weighted by atomic mass is 35.5. The van der Waals surface area contributed by atoms with Crippen LogP contribution in [0.3, 0.4) is 0 Å². The number of benzene rings is 3. The summed E-state index contributed by atoms with van der Waals surface area (Å²) in [4.78, 5) is 24.7. The van der Waals surface area contributed by atoms with E-state index in [4.69, 9.17) is 39.8 Å². The Balaban J connectivity index is 1.30. The minimum Gasteiger partial charge on any atom is -0.451 e. The van der Waals surface area contributed by atoms with Crippen LogP contribution in [0, 0.1) is 0 Å². The molecule has 35 heavy (non-hydrogen) atoms. The van der Waals surface area contributed by atoms with E-state index in [0.29, 0.717) is 32.7 Å². The summed E-state index contributed by atoms with van der Waals surface area (Å²) in [6.45, 7) is 0. The lowest BCUT2D eigenvalue weighted by atomic mass is 10.1. The van der Waals surface area contributed by atoms with E-state index in [2.05, 4.69) is 16.0 Å². The summed E-state index contributed by atoms with van der Waals surface area (Å²) in [5, 5.41) is 9.36. The SMILES string of the molecule is O=C(Cc1ccccc1)Nc1ccc(NC(=S)NC(=O)c2ccc(-c3ccc(Cl)cc3Cl)o2)cc1. The van der Waals surface area contributed by atoms with Crippen molar-refractivity contribution in [1.29, 1.82) is 0 Å². The normalized spacial score (nSPS) is 10.5. The monoisotopic (exact) mass is 523 g/mol. The van der Waals surface area contributed by atoms with Crippen molar-refractivity contribution < 1.29 is 14.0 Å². The van der Waals surface area contributed by atoms with Crippen molar-refractivity contribution in [1.82, 2.24) is 5.32 Å². The fourth-order valence-corrected chi connectivity index (χ4v) is 3.96. The van der Waals surface area contributed by atoms with Gasteiger partial charge >= 0.3 is 0 Å². The second-order valence-corrected chi connectivity index (χ2v) is 8.74. The predicted molar refractivity (Wildman–Crippen MR) is 143 cm³/mol. The van der Waals surface area contributed by atoms with Gasteiger partial charge in [-0.3, -0.25) is 14.9 Å². The van der Waals surface area contributed by atoms with Crippen molar-refractivity contribution in [3.05, 3.63) is 106 Å². The van der Waals surface area contributed by atoms with Gasteiger partial charge < -0.3 is 15.1 Å². The van der Waals surface area contributed by atoms with Crippen LogP contribution >= 0.6 is 35.4 Å². The molecule has 3 aromatic carbocycles. The van der Waals surface area contributed by atoms with E-state index in [1.54, 1.807) is 48.5 Å². The first-order valence-electron chi connectivity index (χ1n) is 10.5. The summed E-state index contributed by atoms with van der Waals surface area (Å²) in [6.07, 6.45) is 0.287. The van der Waals surface area contributed by atoms with Crippen molar-refractivity contribution in [2.24, 2.45) is 0 Å². The number of rotatable bonds is 6. The standard InChI is InChI=1S/C26H19Cl2N3O3S/c27-17-6-11-20(21(28)15-17)22-12-13-23(34-22)25(33)31-26(35)30-19-9-7-18(8-10-19)29-24(32)14-16-4-2-1-3-5-16/h1-13,15H,14H2,(H,29,32)(H2,30,31,33,35). The molecule has 2 amide bonds. The van der Waals surface area contributed by atoms with Crippen LogP contribution in [0.5, 0.6) is 0 Å². The molecule has 0 aliphatic rings. The molecule has 4 aromatic rings. The van der Waals surface area contributed by atoms with Crippen LogP contribution in [0.2, 0.25) is 10.0 Å². The number of hydrogen-bond donors (Lipinski definition) is 3. The van der Waals surface area contributed by atoms with Gasteiger partial charge in [0, 0.05) is 22.0 Å². The summed E-state index contributed by atoms with van der Waals surface area (Å²) in [7, 11) is 0. The van der Waals surface area contributed by atoms with Gasteiger partial charge in [0.1, 0.15) is 5.76 Å². The first-order valence-corrected chi connectivity index (χ1v) is 11.7. The van der Waals surface area contributed by atoms with Crippen molar-refractivity contribution in [2.75, 3.05) is 10.6 Å². The lowest BCUT2D eigenvalue weighted by Gasteiger charge is -2.10. The van der Waals surface area contributed by atoms with E-state index in [1.807, 2.05) is 30.3 Å². The third kappa shape index (κ3) is 6.70. The quantitative estimate of drug-likeness (QED) is 0.249. The second kappa shape index (κ2) is 11.2. The molecule has 1 heterocycles. The van der Waals surface area contributed by atoms with E-state index in [-0.39, 0.29) is 23.2 Å². The average Bonchev–Trinajstić information content (AvgIpc) is 3.31. The number of furan rings is 1. The van der Waals surface area contributed by atoms with Crippen LogP contribution < -0.4 is 16.0 Å². The predicted octanol–water partition coefficient (Wildman–Crippen LogP) is 6.56. The highest BCUT2D eigenvalue weighted by molar-refractivity contribution is 7.80. The van der Waals surface area contributed by atoms with Gasteiger partial charge in [-0.05, 0) is 72.4 Å². The molecule has 6 nitrogen and oxygen atoms in total. The summed E-state index contributed by atoms with van der Waals surface area (Å²) in [6, 6.07) is 24.6. The topological polar surface area (TPSA) is 83.4 Å². The van der Waals surface area contributed by atoms with Gasteiger partial charge in [0.15, 0.2) is 10.9 Å². The molecule has 0 unspecified atom stereocenters. The number of carbonyl (C=O) groups excluding carboxylic acids is 2. The second-order valence-electron chi connectivity index (χ2n) is 7.48. The highest BCUT2D eigenvalue weighted by Gasteiger charge is 2.15. The van der Waals surface area contributed by atoms with Gasteiger partial charge in [0.2, 0.25) is 5.91 Å². The summed E-state index contributed by atoms with van der Waals surface area (Å²) >= 11 is 17.4. The number of nitrogens with one attached hydrogen (secondary N) is 3. The first-order chi connectivity index (χ1) is 16.9. The third-order valence-electron chi connectivity index (χ3n) is 4.89. The highest BCUT2D eigenvalue weighted by Crippen LogP contribution is 2.31. The molecule has 0 bridgehead atoms. The van der Waals surface area contributed by atoms with Gasteiger partial charge in [-0.2, -0.15) is 0 Å². The molecule has 4 rings (SSSR count). The Labute approximate surface area is 217 Å². The van der Waals surface area contributed by atoms with Gasteiger partial charge in [0.25, 0.3) is 5.91 Å². The van der Waals surface area contributed by atoms with Crippen LogP contribution in [0.4, 0.5) is 11.4 Å². The molecular formula is C26H19Cl2N3O3S. The Bertz CT molecular complexity index is 1370. The molecular weight excluding hydrogens is 505 g/mol. The molecule has 0 spiro atoms. The zero-order valence-electron chi connectivity index (χ0n) is 18.2. The number of anilines is 2. The largest absolute Gasteiger partial charge is 0.451 e. The van der Waals surface area contributed by atoms with E-state index >= 15 is 0 Å². The molecule has 0 aliphatic carbocycles. The van der Waals surface area contributed by atoms with Crippen LogP contribution in [0.1, 0.15) is 16.1 Å². The van der Waals surface area contributed by atoms with Crippen LogP contribution in [0.25, 0.3) is 11.3 Å². The Morgan fingerprint density at radius 2 is 1.51 bits per heavy atom. The Morgan fingerprint density at radius 3 is 2.20 bits per heavy atom. The molecule has 0 saturated carbocycles. The minimum absolute atomic E-state index is 0.0756. The molecule has 3 N–H and O–H groups in total. The third-order valence-corrected chi connectivity index (χ3v) is 5.64. The van der Waals surface area contributed by atoms with Gasteiger partial charge in [-0.1, -0.05) is 53.5 Å². The van der Waals surface area contributed by atoms with E-state index < -0.39 is 5.91 Å². The average molecular weight is 524 g/mol. The van der Waals surface area contributed by atoms with Gasteiger partial charge in [0.05, 0.1) is 11.4 Å². The van der Waals surface area contributed by atoms with E-state index in [0.717, 1.165) is 5.56 Å². The van der Waals surface area contributed by atoms with Crippen molar-refractivity contribution in [2.45, 2.75) is 6.42 Å². The van der Waals surface area contributed by atoms with Gasteiger partial charge in [-0.15, -0.1) is 0 Å². The molecule has 0 fully saturated rings. The number of halogens is 2. The maximum Gasteiger partial charge on any atom is 0.293 e. The van der Waals surface area contributed by atoms with Crippen molar-refractivity contribution in [3.63, 3.8) is 0 Å². The van der Waals surface area contributed by atoms with Crippen molar-refractivity contribution in [3.8, 4) is 11.3 Å². The van der Waals surface area contributed by atoms with Gasteiger partial charge in [-0.25, -0.2) is 0 Å². The Kier molecular flexibility index (Phi) is 7.82. The van der Waals surface area contributed by atoms with Crippen LogP contribution in [0.15, 0.2) is 89.3 Å². The van der Waals surface area contributed by atoms with Crippen LogP contribution in [-0.4, -0.2) is 16.9 Å². The summed E-state index contributed by atoms with van der Waals surface area (Å²) in [5.41, 5.74) is 2.84. The molecule has 0 saturated heterocycles. The number of thiocarbonyl (C=S) groups is 1. The maximum atomic E-state index is 12.5. The smallest absolute Gasteiger partial charge is 0.293 e. The fraction of sp³-hybridized carbons (Fsp3) is 0.0385. The zero-order valence-corrected chi connectivity index (χ0v) is 20.5.